The zero-order valence-corrected chi connectivity index (χ0v) is 31.7. The number of carbonyl (C=O) groups excluding carboxylic acids is 4. The second-order valence-electron chi connectivity index (χ2n) is 14.2. The molecule has 0 aromatic heterocycles. The van der Waals surface area contributed by atoms with Crippen LogP contribution in [-0.4, -0.2) is 106 Å². The fourth-order valence-corrected chi connectivity index (χ4v) is 7.16. The number of esters is 1. The van der Waals surface area contributed by atoms with Gasteiger partial charge in [0.2, 0.25) is 11.8 Å². The third-order valence-electron chi connectivity index (χ3n) is 10.4. The average Bonchev–Trinajstić information content (AvgIpc) is 3.79. The molecule has 13 nitrogen and oxygen atoms in total. The van der Waals surface area contributed by atoms with Crippen LogP contribution in [0.15, 0.2) is 35.9 Å². The van der Waals surface area contributed by atoms with E-state index in [0.717, 1.165) is 11.1 Å². The summed E-state index contributed by atoms with van der Waals surface area (Å²) in [7, 11) is 3.03. The van der Waals surface area contributed by atoms with Crippen molar-refractivity contribution in [2.75, 3.05) is 31.4 Å². The van der Waals surface area contributed by atoms with Crippen molar-refractivity contribution in [2.45, 2.75) is 96.2 Å². The standard InChI is InChI=1S/C36H50ClN3O10S/c1-19-9-8-10-25(17-42)36(47)15-27(48-34(46)38-36)21(3)31-35(5,50-31)28(49-33(45)22(4)39(6)32(44)20(2)18-51)14-29(43)40(7)26-13-23(11-19)12-24(16-41)30(26)37/h8-10,12-13,20-22,25,27-28,31,41-42,47,51H,11,14-18H2,1-7H3,(H,38,46)/b10-8+,19-9+/t20?,21-,22-,25+,27+,28+,31+,35+,36+/m1/s1. The summed E-state index contributed by atoms with van der Waals surface area (Å²) in [4.78, 5) is 56.0. The number of benzene rings is 1. The van der Waals surface area contributed by atoms with E-state index in [1.165, 1.54) is 30.8 Å². The van der Waals surface area contributed by atoms with Crippen molar-refractivity contribution in [1.82, 2.24) is 10.2 Å². The number of likely N-dealkylation sites (N-methyl/N-ethyl adjacent to an activating group) is 1. The van der Waals surface area contributed by atoms with Gasteiger partial charge in [-0.2, -0.15) is 12.6 Å². The zero-order chi connectivity index (χ0) is 38.0. The summed E-state index contributed by atoms with van der Waals surface area (Å²) < 4.78 is 17.8. The molecule has 3 aliphatic heterocycles. The van der Waals surface area contributed by atoms with Gasteiger partial charge in [0.05, 0.1) is 36.4 Å². The Balaban J connectivity index is 1.78. The number of nitrogens with one attached hydrogen (secondary N) is 1. The summed E-state index contributed by atoms with van der Waals surface area (Å²) in [5.41, 5.74) is -0.729. The van der Waals surface area contributed by atoms with Gasteiger partial charge in [0, 0.05) is 44.0 Å². The first-order chi connectivity index (χ1) is 23.9. The molecule has 1 aromatic carbocycles. The van der Waals surface area contributed by atoms with E-state index in [-0.39, 0.29) is 36.1 Å². The molecule has 282 valence electrons. The Morgan fingerprint density at radius 3 is 2.57 bits per heavy atom. The number of hydrogen-bond donors (Lipinski definition) is 5. The van der Waals surface area contributed by atoms with Gasteiger partial charge in [0.1, 0.15) is 23.9 Å². The smallest absolute Gasteiger partial charge is 0.409 e. The van der Waals surface area contributed by atoms with E-state index in [4.69, 9.17) is 25.8 Å². The average molecular weight is 752 g/mol. The number of epoxide rings is 1. The summed E-state index contributed by atoms with van der Waals surface area (Å²) in [5.74, 6) is -3.16. The van der Waals surface area contributed by atoms with E-state index in [1.807, 2.05) is 6.92 Å². The Labute approximate surface area is 309 Å². The predicted octanol–water partition coefficient (Wildman–Crippen LogP) is 3.16. The number of aliphatic hydroxyl groups is 3. The molecular formula is C36H50ClN3O10S. The van der Waals surface area contributed by atoms with Gasteiger partial charge in [-0.05, 0) is 44.4 Å². The molecule has 4 rings (SSSR count). The molecule has 1 aromatic rings. The number of nitrogens with zero attached hydrogens (tertiary/aromatic N) is 2. The summed E-state index contributed by atoms with van der Waals surface area (Å²) in [5, 5.41) is 34.7. The number of allylic oxidation sites excluding steroid dienone is 3. The third-order valence-corrected chi connectivity index (χ3v) is 11.4. The number of ether oxygens (including phenoxy) is 3. The van der Waals surface area contributed by atoms with Gasteiger partial charge in [-0.15, -0.1) is 0 Å². The first-order valence-electron chi connectivity index (χ1n) is 17.0. The lowest BCUT2D eigenvalue weighted by Crippen LogP contribution is -2.62. The molecule has 0 aliphatic carbocycles. The fourth-order valence-electron chi connectivity index (χ4n) is 6.71. The number of anilines is 1. The quantitative estimate of drug-likeness (QED) is 0.158. The Kier molecular flexibility index (Phi) is 13.0. The van der Waals surface area contributed by atoms with Gasteiger partial charge in [-0.3, -0.25) is 14.9 Å². The Hall–Kier alpha value is -3.14. The summed E-state index contributed by atoms with van der Waals surface area (Å²) in [6.45, 7) is 7.70. The second-order valence-corrected chi connectivity index (χ2v) is 14.9. The maximum Gasteiger partial charge on any atom is 0.409 e. The van der Waals surface area contributed by atoms with Crippen molar-refractivity contribution in [1.29, 1.82) is 0 Å². The normalized spacial score (nSPS) is 32.7. The highest BCUT2D eigenvalue weighted by Crippen LogP contribution is 2.49. The van der Waals surface area contributed by atoms with Crippen LogP contribution >= 0.6 is 24.2 Å². The highest BCUT2D eigenvalue weighted by Gasteiger charge is 2.64. The minimum atomic E-state index is -1.86. The number of fused-ring (bicyclic) bond motifs is 5. The van der Waals surface area contributed by atoms with Crippen LogP contribution in [0.2, 0.25) is 5.02 Å². The number of aliphatic hydroxyl groups excluding tert-OH is 2. The molecule has 51 heavy (non-hydrogen) atoms. The maximum absolute atomic E-state index is 14.1. The molecule has 3 amide bonds. The number of carbonyl (C=O) groups is 4. The van der Waals surface area contributed by atoms with E-state index >= 15 is 0 Å². The van der Waals surface area contributed by atoms with Crippen LogP contribution in [0, 0.1) is 17.8 Å². The van der Waals surface area contributed by atoms with Gasteiger partial charge in [-0.1, -0.05) is 55.3 Å². The molecule has 4 bridgehead atoms. The van der Waals surface area contributed by atoms with E-state index < -0.39 is 78.0 Å². The molecule has 3 heterocycles. The van der Waals surface area contributed by atoms with Crippen molar-refractivity contribution >= 4 is 53.8 Å². The van der Waals surface area contributed by atoms with E-state index in [9.17, 15) is 34.5 Å². The van der Waals surface area contributed by atoms with E-state index in [1.54, 1.807) is 51.1 Å². The van der Waals surface area contributed by atoms with Gasteiger partial charge >= 0.3 is 12.1 Å². The number of alkyl carbamates (subject to hydrolysis) is 1. The third kappa shape index (κ3) is 8.74. The molecule has 0 spiro atoms. The lowest BCUT2D eigenvalue weighted by atomic mass is 9.81. The van der Waals surface area contributed by atoms with Gasteiger partial charge in [-0.25, -0.2) is 9.59 Å². The van der Waals surface area contributed by atoms with Crippen LogP contribution in [0.4, 0.5) is 10.5 Å². The topological polar surface area (TPSA) is 178 Å². The molecule has 0 radical (unpaired) electrons. The van der Waals surface area contributed by atoms with Crippen LogP contribution in [0.25, 0.3) is 0 Å². The summed E-state index contributed by atoms with van der Waals surface area (Å²) >= 11 is 10.9. The second kappa shape index (κ2) is 16.3. The molecule has 9 atom stereocenters. The number of hydrogen-bond acceptors (Lipinski definition) is 11. The van der Waals surface area contributed by atoms with Crippen LogP contribution in [-0.2, 0) is 41.6 Å². The lowest BCUT2D eigenvalue weighted by Gasteiger charge is -2.42. The fraction of sp³-hybridized carbons (Fsp3) is 0.611. The zero-order valence-electron chi connectivity index (χ0n) is 30.1. The SMILES string of the molecule is C/C1=C\C=C\[C@@H](CO)[C@@]2(O)C[C@H](OC(=O)N2)[C@@H](C)[C@@H]2O[C@@]2(C)[C@@H](OC(=O)[C@@H](C)N(C)C(=O)C(C)CS)CC(=O)N(C)c2cc(cc(CO)c2Cl)C1. The first-order valence-corrected chi connectivity index (χ1v) is 18.0. The lowest BCUT2D eigenvalue weighted by molar-refractivity contribution is -0.162. The predicted molar refractivity (Wildman–Crippen MR) is 193 cm³/mol. The van der Waals surface area contributed by atoms with E-state index in [0.29, 0.717) is 17.7 Å². The van der Waals surface area contributed by atoms with Crippen molar-refractivity contribution in [3.8, 4) is 0 Å². The minimum absolute atomic E-state index is 0.0955. The number of amides is 3. The monoisotopic (exact) mass is 751 g/mol. The molecule has 3 aliphatic rings. The van der Waals surface area contributed by atoms with Crippen molar-refractivity contribution < 1.29 is 48.7 Å². The van der Waals surface area contributed by atoms with Crippen LogP contribution < -0.4 is 10.2 Å². The Bertz CT molecular complexity index is 1570. The molecular weight excluding hydrogens is 702 g/mol. The highest BCUT2D eigenvalue weighted by atomic mass is 35.5. The molecule has 4 N–H and O–H groups in total. The number of thiol groups is 1. The Morgan fingerprint density at radius 1 is 1.25 bits per heavy atom. The van der Waals surface area contributed by atoms with Crippen LogP contribution in [0.5, 0.6) is 0 Å². The number of halogens is 1. The molecule has 15 heteroatoms. The largest absolute Gasteiger partial charge is 0.457 e. The van der Waals surface area contributed by atoms with Crippen LogP contribution in [0.3, 0.4) is 0 Å². The van der Waals surface area contributed by atoms with Crippen LogP contribution in [0.1, 0.15) is 58.6 Å². The first kappa shape index (κ1) is 40.6. The maximum atomic E-state index is 14.1. The van der Waals surface area contributed by atoms with Crippen molar-refractivity contribution in [3.05, 3.63) is 52.1 Å². The van der Waals surface area contributed by atoms with Gasteiger partial charge < -0.3 is 39.3 Å². The van der Waals surface area contributed by atoms with Crippen molar-refractivity contribution in [2.24, 2.45) is 17.8 Å². The molecule has 2 saturated heterocycles. The summed E-state index contributed by atoms with van der Waals surface area (Å²) in [6, 6.07) is 2.48. The Morgan fingerprint density at radius 2 is 1.94 bits per heavy atom. The van der Waals surface area contributed by atoms with Crippen molar-refractivity contribution in [3.63, 3.8) is 0 Å². The molecule has 2 fully saturated rings. The van der Waals surface area contributed by atoms with Gasteiger partial charge in [0.25, 0.3) is 0 Å². The summed E-state index contributed by atoms with van der Waals surface area (Å²) in [6.07, 6.45) is 1.44. The number of rotatable bonds is 7. The minimum Gasteiger partial charge on any atom is -0.457 e. The molecule has 1 unspecified atom stereocenters. The highest BCUT2D eigenvalue weighted by molar-refractivity contribution is 7.80. The van der Waals surface area contributed by atoms with E-state index in [2.05, 4.69) is 17.9 Å². The van der Waals surface area contributed by atoms with Gasteiger partial charge in [0.15, 0.2) is 5.72 Å². The molecule has 0 saturated carbocycles.